The molecule has 0 heterocycles. The van der Waals surface area contributed by atoms with E-state index in [4.69, 9.17) is 9.47 Å². The van der Waals surface area contributed by atoms with Crippen LogP contribution in [0.5, 0.6) is 11.5 Å². The average molecular weight is 345 g/mol. The Morgan fingerprint density at radius 1 is 1.12 bits per heavy atom. The molecule has 25 heavy (non-hydrogen) atoms. The minimum Gasteiger partial charge on any atom is -0.484 e. The van der Waals surface area contributed by atoms with E-state index >= 15 is 0 Å². The van der Waals surface area contributed by atoms with E-state index in [1.54, 1.807) is 6.07 Å². The number of halogens is 2. The monoisotopic (exact) mass is 345 g/mol. The van der Waals surface area contributed by atoms with Crippen LogP contribution in [0, 0.1) is 30.4 Å². The molecule has 1 amide bonds. The van der Waals surface area contributed by atoms with Gasteiger partial charge in [-0.2, -0.15) is 0 Å². The highest BCUT2D eigenvalue weighted by Gasteiger charge is 2.03. The van der Waals surface area contributed by atoms with Crippen molar-refractivity contribution < 1.29 is 23.0 Å². The van der Waals surface area contributed by atoms with Crippen LogP contribution < -0.4 is 14.8 Å². The van der Waals surface area contributed by atoms with Crippen LogP contribution in [0.25, 0.3) is 0 Å². The first kappa shape index (κ1) is 18.3. The van der Waals surface area contributed by atoms with Crippen LogP contribution >= 0.6 is 0 Å². The smallest absolute Gasteiger partial charge is 0.258 e. The van der Waals surface area contributed by atoms with Crippen molar-refractivity contribution in [2.45, 2.75) is 6.92 Å². The van der Waals surface area contributed by atoms with Gasteiger partial charge in [-0.15, -0.1) is 0 Å². The molecule has 0 aromatic heterocycles. The quantitative estimate of drug-likeness (QED) is 0.819. The van der Waals surface area contributed by atoms with E-state index < -0.39 is 11.6 Å². The molecule has 0 radical (unpaired) electrons. The van der Waals surface area contributed by atoms with E-state index in [-0.39, 0.29) is 31.4 Å². The van der Waals surface area contributed by atoms with Crippen LogP contribution in [-0.4, -0.2) is 25.7 Å². The zero-order valence-electron chi connectivity index (χ0n) is 13.6. The van der Waals surface area contributed by atoms with Gasteiger partial charge in [0.2, 0.25) is 0 Å². The van der Waals surface area contributed by atoms with Crippen molar-refractivity contribution in [3.05, 3.63) is 59.7 Å². The Kier molecular flexibility index (Phi) is 6.78. The third-order valence-corrected chi connectivity index (χ3v) is 3.05. The molecule has 0 atom stereocenters. The van der Waals surface area contributed by atoms with Gasteiger partial charge in [0.05, 0.1) is 6.54 Å². The molecular formula is C19H17F2NO3. The Labute approximate surface area is 144 Å². The highest BCUT2D eigenvalue weighted by molar-refractivity contribution is 5.77. The topological polar surface area (TPSA) is 47.6 Å². The fourth-order valence-electron chi connectivity index (χ4n) is 1.87. The zero-order valence-corrected chi connectivity index (χ0v) is 13.6. The number of hydrogen-bond acceptors (Lipinski definition) is 3. The van der Waals surface area contributed by atoms with Gasteiger partial charge in [0, 0.05) is 6.07 Å². The van der Waals surface area contributed by atoms with Crippen LogP contribution in [0.4, 0.5) is 8.78 Å². The molecule has 6 heteroatoms. The largest absolute Gasteiger partial charge is 0.484 e. The SMILES string of the molecule is Cc1cccc(OCC(=O)NCC#CCOc2ccc(F)cc2F)c1. The van der Waals surface area contributed by atoms with Gasteiger partial charge in [0.25, 0.3) is 5.91 Å². The average Bonchev–Trinajstić information content (AvgIpc) is 2.58. The van der Waals surface area contributed by atoms with E-state index in [0.29, 0.717) is 5.75 Å². The van der Waals surface area contributed by atoms with Crippen molar-refractivity contribution in [2.24, 2.45) is 0 Å². The summed E-state index contributed by atoms with van der Waals surface area (Å²) >= 11 is 0. The van der Waals surface area contributed by atoms with Crippen LogP contribution in [-0.2, 0) is 4.79 Å². The lowest BCUT2D eigenvalue weighted by Crippen LogP contribution is -2.29. The Bertz CT molecular complexity index is 797. The molecule has 0 bridgehead atoms. The minimum atomic E-state index is -0.789. The maximum absolute atomic E-state index is 13.3. The number of nitrogens with one attached hydrogen (secondary N) is 1. The second-order valence-corrected chi connectivity index (χ2v) is 5.10. The molecule has 0 saturated carbocycles. The third kappa shape index (κ3) is 6.51. The maximum Gasteiger partial charge on any atom is 0.258 e. The summed E-state index contributed by atoms with van der Waals surface area (Å²) in [7, 11) is 0. The molecule has 2 aromatic rings. The summed E-state index contributed by atoms with van der Waals surface area (Å²) in [4.78, 5) is 11.6. The fraction of sp³-hybridized carbons (Fsp3) is 0.211. The first-order chi connectivity index (χ1) is 12.0. The highest BCUT2D eigenvalue weighted by Crippen LogP contribution is 2.17. The molecule has 0 unspecified atom stereocenters. The number of aryl methyl sites for hydroxylation is 1. The van der Waals surface area contributed by atoms with Crippen molar-refractivity contribution >= 4 is 5.91 Å². The van der Waals surface area contributed by atoms with Gasteiger partial charge in [-0.05, 0) is 36.8 Å². The molecule has 1 N–H and O–H groups in total. The van der Waals surface area contributed by atoms with Crippen LogP contribution in [0.2, 0.25) is 0 Å². The number of ether oxygens (including phenoxy) is 2. The van der Waals surface area contributed by atoms with E-state index in [1.165, 1.54) is 6.07 Å². The molecular weight excluding hydrogens is 328 g/mol. The van der Waals surface area contributed by atoms with Crippen molar-refractivity contribution in [1.29, 1.82) is 0 Å². The second-order valence-electron chi connectivity index (χ2n) is 5.10. The molecule has 2 aromatic carbocycles. The molecule has 4 nitrogen and oxygen atoms in total. The summed E-state index contributed by atoms with van der Waals surface area (Å²) in [5.41, 5.74) is 1.04. The lowest BCUT2D eigenvalue weighted by molar-refractivity contribution is -0.122. The molecule has 0 aliphatic rings. The van der Waals surface area contributed by atoms with Crippen molar-refractivity contribution in [2.75, 3.05) is 19.8 Å². The van der Waals surface area contributed by atoms with Crippen molar-refractivity contribution in [1.82, 2.24) is 5.32 Å². The molecule has 2 rings (SSSR count). The van der Waals surface area contributed by atoms with Gasteiger partial charge in [-0.25, -0.2) is 8.78 Å². The number of amides is 1. The van der Waals surface area contributed by atoms with Gasteiger partial charge in [0.15, 0.2) is 18.2 Å². The van der Waals surface area contributed by atoms with Gasteiger partial charge < -0.3 is 14.8 Å². The zero-order chi connectivity index (χ0) is 18.1. The number of benzene rings is 2. The van der Waals surface area contributed by atoms with E-state index in [2.05, 4.69) is 17.2 Å². The fourth-order valence-corrected chi connectivity index (χ4v) is 1.87. The second kappa shape index (κ2) is 9.28. The highest BCUT2D eigenvalue weighted by atomic mass is 19.1. The Morgan fingerprint density at radius 3 is 2.72 bits per heavy atom. The molecule has 130 valence electrons. The molecule has 0 aliphatic heterocycles. The number of rotatable bonds is 6. The van der Waals surface area contributed by atoms with Crippen molar-refractivity contribution in [3.8, 4) is 23.3 Å². The summed E-state index contributed by atoms with van der Waals surface area (Å²) < 4.78 is 36.4. The number of carbonyl (C=O) groups excluding carboxylic acids is 1. The Morgan fingerprint density at radius 2 is 1.96 bits per heavy atom. The molecule has 0 fully saturated rings. The van der Waals surface area contributed by atoms with Crippen LogP contribution in [0.15, 0.2) is 42.5 Å². The first-order valence-electron chi connectivity index (χ1n) is 7.54. The minimum absolute atomic E-state index is 0.0712. The third-order valence-electron chi connectivity index (χ3n) is 3.05. The summed E-state index contributed by atoms with van der Waals surface area (Å²) in [6.07, 6.45) is 0. The number of hydrogen-bond donors (Lipinski definition) is 1. The van der Waals surface area contributed by atoms with Crippen LogP contribution in [0.1, 0.15) is 5.56 Å². The lowest BCUT2D eigenvalue weighted by atomic mass is 10.2. The molecule has 0 saturated heterocycles. The van der Waals surface area contributed by atoms with Crippen LogP contribution in [0.3, 0.4) is 0 Å². The van der Waals surface area contributed by atoms with Gasteiger partial charge in [-0.3, -0.25) is 4.79 Å². The predicted molar refractivity (Wildman–Crippen MR) is 89.3 cm³/mol. The Balaban J connectivity index is 1.65. The lowest BCUT2D eigenvalue weighted by Gasteiger charge is -2.06. The van der Waals surface area contributed by atoms with Gasteiger partial charge in [0.1, 0.15) is 18.2 Å². The summed E-state index contributed by atoms with van der Waals surface area (Å²) in [6, 6.07) is 10.4. The van der Waals surface area contributed by atoms with E-state index in [9.17, 15) is 13.6 Å². The summed E-state index contributed by atoms with van der Waals surface area (Å²) in [6.45, 7) is 1.87. The van der Waals surface area contributed by atoms with Gasteiger partial charge in [-0.1, -0.05) is 24.0 Å². The number of carbonyl (C=O) groups is 1. The summed E-state index contributed by atoms with van der Waals surface area (Å²) in [5, 5.41) is 2.57. The molecule has 0 aliphatic carbocycles. The normalized spacial score (nSPS) is 9.72. The first-order valence-corrected chi connectivity index (χ1v) is 7.54. The van der Waals surface area contributed by atoms with Gasteiger partial charge >= 0.3 is 0 Å². The molecule has 0 spiro atoms. The summed E-state index contributed by atoms with van der Waals surface area (Å²) in [5.74, 6) is 4.07. The van der Waals surface area contributed by atoms with E-state index in [0.717, 1.165) is 17.7 Å². The maximum atomic E-state index is 13.3. The van der Waals surface area contributed by atoms with E-state index in [1.807, 2.05) is 25.1 Å². The standard InChI is InChI=1S/C19H17F2NO3/c1-14-5-4-6-16(11-14)25-13-19(23)22-9-2-3-10-24-18-8-7-15(20)12-17(18)21/h4-8,11-12H,9-10,13H2,1H3,(H,22,23). The van der Waals surface area contributed by atoms with Crippen molar-refractivity contribution in [3.63, 3.8) is 0 Å². The Hall–Kier alpha value is -3.07. The predicted octanol–water partition coefficient (Wildman–Crippen LogP) is 2.85.